The first kappa shape index (κ1) is 22.7. The monoisotopic (exact) mass is 440 g/mol. The summed E-state index contributed by atoms with van der Waals surface area (Å²) in [4.78, 5) is 12.5. The van der Waals surface area contributed by atoms with E-state index in [1.807, 2.05) is 80.8 Å². The largest absolute Gasteiger partial charge is 0.492 e. The van der Waals surface area contributed by atoms with Crippen molar-refractivity contribution < 1.29 is 14.3 Å². The summed E-state index contributed by atoms with van der Waals surface area (Å²) in [5.74, 6) is 2.29. The van der Waals surface area contributed by atoms with Crippen LogP contribution in [0.15, 0.2) is 53.7 Å². The van der Waals surface area contributed by atoms with Crippen molar-refractivity contribution in [2.24, 2.45) is 0 Å². The zero-order valence-electron chi connectivity index (χ0n) is 18.3. The Morgan fingerprint density at radius 1 is 1.10 bits per heavy atom. The summed E-state index contributed by atoms with van der Waals surface area (Å²) >= 11 is 1.35. The number of hydrogen-bond acceptors (Lipinski definition) is 6. The van der Waals surface area contributed by atoms with Gasteiger partial charge in [-0.25, -0.2) is 0 Å². The lowest BCUT2D eigenvalue weighted by molar-refractivity contribution is -0.113. The summed E-state index contributed by atoms with van der Waals surface area (Å²) in [5, 5.41) is 12.2. The SMILES string of the molecule is CCOc1ccccc1NC(=O)CSc1nnc(C(C)Oc2ccccc2C)n1CC. The first-order chi connectivity index (χ1) is 15.0. The van der Waals surface area contributed by atoms with E-state index < -0.39 is 0 Å². The maximum Gasteiger partial charge on any atom is 0.234 e. The highest BCUT2D eigenvalue weighted by atomic mass is 32.2. The third kappa shape index (κ3) is 5.79. The van der Waals surface area contributed by atoms with Crippen molar-refractivity contribution in [2.45, 2.75) is 45.5 Å². The molecule has 2 aromatic carbocycles. The summed E-state index contributed by atoms with van der Waals surface area (Å²) in [5.41, 5.74) is 1.73. The Kier molecular flexibility index (Phi) is 7.94. The molecule has 8 heteroatoms. The van der Waals surface area contributed by atoms with Gasteiger partial charge in [-0.05, 0) is 51.5 Å². The lowest BCUT2D eigenvalue weighted by atomic mass is 10.2. The molecule has 0 aliphatic heterocycles. The second-order valence-corrected chi connectivity index (χ2v) is 7.82. The van der Waals surface area contributed by atoms with Crippen LogP contribution in [0.5, 0.6) is 11.5 Å². The van der Waals surface area contributed by atoms with Crippen LogP contribution in [0.1, 0.15) is 38.3 Å². The fraction of sp³-hybridized carbons (Fsp3) is 0.348. The van der Waals surface area contributed by atoms with Crippen molar-refractivity contribution >= 4 is 23.4 Å². The van der Waals surface area contributed by atoms with Crippen LogP contribution in [0.4, 0.5) is 5.69 Å². The van der Waals surface area contributed by atoms with Gasteiger partial charge in [0.2, 0.25) is 5.91 Å². The molecule has 3 rings (SSSR count). The van der Waals surface area contributed by atoms with Crippen LogP contribution in [0.25, 0.3) is 0 Å². The quantitative estimate of drug-likeness (QED) is 0.453. The third-order valence-electron chi connectivity index (χ3n) is 4.62. The van der Waals surface area contributed by atoms with Gasteiger partial charge in [0.25, 0.3) is 0 Å². The number of carbonyl (C=O) groups is 1. The van der Waals surface area contributed by atoms with Crippen LogP contribution in [-0.4, -0.2) is 33.0 Å². The number of carbonyl (C=O) groups excluding carboxylic acids is 1. The van der Waals surface area contributed by atoms with Crippen molar-refractivity contribution in [3.8, 4) is 11.5 Å². The topological polar surface area (TPSA) is 78.3 Å². The van der Waals surface area contributed by atoms with Crippen LogP contribution in [0.3, 0.4) is 0 Å². The highest BCUT2D eigenvalue weighted by molar-refractivity contribution is 7.99. The Balaban J connectivity index is 1.64. The van der Waals surface area contributed by atoms with E-state index >= 15 is 0 Å². The van der Waals surface area contributed by atoms with Gasteiger partial charge in [0.05, 0.1) is 18.0 Å². The number of para-hydroxylation sites is 3. The van der Waals surface area contributed by atoms with E-state index in [-0.39, 0.29) is 17.8 Å². The maximum atomic E-state index is 12.5. The molecule has 1 heterocycles. The number of hydrogen-bond donors (Lipinski definition) is 1. The Labute approximate surface area is 187 Å². The standard InChI is InChI=1S/C23H28N4O3S/c1-5-27-22(17(4)30-19-13-9-7-11-16(19)3)25-26-23(27)31-15-21(28)24-18-12-8-10-14-20(18)29-6-2/h7-14,17H,5-6,15H2,1-4H3,(H,24,28). The smallest absolute Gasteiger partial charge is 0.234 e. The van der Waals surface area contributed by atoms with E-state index in [0.717, 1.165) is 17.1 Å². The van der Waals surface area contributed by atoms with Gasteiger partial charge in [-0.15, -0.1) is 10.2 Å². The summed E-state index contributed by atoms with van der Waals surface area (Å²) in [6.45, 7) is 9.11. The molecule has 1 atom stereocenters. The van der Waals surface area contributed by atoms with Gasteiger partial charge < -0.3 is 19.4 Å². The molecule has 1 unspecified atom stereocenters. The van der Waals surface area contributed by atoms with Crippen molar-refractivity contribution in [1.29, 1.82) is 0 Å². The van der Waals surface area contributed by atoms with E-state index in [0.29, 0.717) is 29.7 Å². The predicted molar refractivity (Wildman–Crippen MR) is 123 cm³/mol. The van der Waals surface area contributed by atoms with Gasteiger partial charge in [0.1, 0.15) is 11.5 Å². The van der Waals surface area contributed by atoms with Gasteiger partial charge in [-0.2, -0.15) is 0 Å². The number of aryl methyl sites for hydroxylation is 1. The van der Waals surface area contributed by atoms with Gasteiger partial charge in [-0.3, -0.25) is 4.79 Å². The third-order valence-corrected chi connectivity index (χ3v) is 5.58. The van der Waals surface area contributed by atoms with Crippen molar-refractivity contribution in [1.82, 2.24) is 14.8 Å². The zero-order chi connectivity index (χ0) is 22.2. The Morgan fingerprint density at radius 3 is 2.52 bits per heavy atom. The minimum absolute atomic E-state index is 0.131. The number of benzene rings is 2. The van der Waals surface area contributed by atoms with Gasteiger partial charge >= 0.3 is 0 Å². The predicted octanol–water partition coefficient (Wildman–Crippen LogP) is 4.88. The van der Waals surface area contributed by atoms with Crippen molar-refractivity contribution in [2.75, 3.05) is 17.7 Å². The fourth-order valence-electron chi connectivity index (χ4n) is 3.10. The maximum absolute atomic E-state index is 12.5. The van der Waals surface area contributed by atoms with Crippen molar-refractivity contribution in [3.63, 3.8) is 0 Å². The molecule has 0 aliphatic rings. The highest BCUT2D eigenvalue weighted by Crippen LogP contribution is 2.27. The summed E-state index contributed by atoms with van der Waals surface area (Å²) in [6.07, 6.45) is -0.269. The average molecular weight is 441 g/mol. The second-order valence-electron chi connectivity index (χ2n) is 6.88. The summed E-state index contributed by atoms with van der Waals surface area (Å²) < 4.78 is 13.6. The van der Waals surface area contributed by atoms with E-state index in [1.54, 1.807) is 0 Å². The molecule has 1 N–H and O–H groups in total. The van der Waals surface area contributed by atoms with E-state index in [9.17, 15) is 4.79 Å². The molecule has 0 saturated carbocycles. The van der Waals surface area contributed by atoms with E-state index in [4.69, 9.17) is 9.47 Å². The number of nitrogens with zero attached hydrogens (tertiary/aromatic N) is 3. The van der Waals surface area contributed by atoms with Crippen LogP contribution in [-0.2, 0) is 11.3 Å². The zero-order valence-corrected chi connectivity index (χ0v) is 19.1. The molecule has 31 heavy (non-hydrogen) atoms. The Hall–Kier alpha value is -3.00. The normalized spacial score (nSPS) is 11.7. The molecular formula is C23H28N4O3S. The Bertz CT molecular complexity index is 1020. The first-order valence-corrected chi connectivity index (χ1v) is 11.3. The summed E-state index contributed by atoms with van der Waals surface area (Å²) in [6, 6.07) is 15.3. The number of anilines is 1. The molecule has 1 aromatic heterocycles. The second kappa shape index (κ2) is 10.9. The van der Waals surface area contributed by atoms with E-state index in [2.05, 4.69) is 15.5 Å². The molecule has 164 valence electrons. The van der Waals surface area contributed by atoms with Crippen LogP contribution in [0, 0.1) is 6.92 Å². The molecule has 0 spiro atoms. The average Bonchev–Trinajstić information content (AvgIpc) is 3.18. The van der Waals surface area contributed by atoms with E-state index in [1.165, 1.54) is 11.8 Å². The van der Waals surface area contributed by atoms with Crippen molar-refractivity contribution in [3.05, 3.63) is 59.9 Å². The molecule has 0 aliphatic carbocycles. The molecular weight excluding hydrogens is 412 g/mol. The number of nitrogens with one attached hydrogen (secondary N) is 1. The minimum atomic E-state index is -0.269. The number of ether oxygens (including phenoxy) is 2. The summed E-state index contributed by atoms with van der Waals surface area (Å²) in [7, 11) is 0. The van der Waals surface area contributed by atoms with Gasteiger partial charge in [0.15, 0.2) is 17.1 Å². The minimum Gasteiger partial charge on any atom is -0.492 e. The van der Waals surface area contributed by atoms with Gasteiger partial charge in [0, 0.05) is 6.54 Å². The van der Waals surface area contributed by atoms with Gasteiger partial charge in [-0.1, -0.05) is 42.1 Å². The molecule has 0 saturated heterocycles. The number of rotatable bonds is 10. The number of aromatic nitrogens is 3. The first-order valence-electron chi connectivity index (χ1n) is 10.3. The highest BCUT2D eigenvalue weighted by Gasteiger charge is 2.20. The van der Waals surface area contributed by atoms with Crippen LogP contribution >= 0.6 is 11.8 Å². The molecule has 7 nitrogen and oxygen atoms in total. The number of amides is 1. The lowest BCUT2D eigenvalue weighted by Crippen LogP contribution is -2.16. The molecule has 0 fully saturated rings. The number of thioether (sulfide) groups is 1. The molecule has 1 amide bonds. The lowest BCUT2D eigenvalue weighted by Gasteiger charge is -2.17. The fourth-order valence-corrected chi connectivity index (χ4v) is 3.91. The van der Waals surface area contributed by atoms with Crippen LogP contribution in [0.2, 0.25) is 0 Å². The molecule has 0 radical (unpaired) electrons. The Morgan fingerprint density at radius 2 is 1.81 bits per heavy atom. The van der Waals surface area contributed by atoms with Crippen LogP contribution < -0.4 is 14.8 Å². The molecule has 3 aromatic rings. The molecule has 0 bridgehead atoms.